The zero-order valence-electron chi connectivity index (χ0n) is 14.7. The van der Waals surface area contributed by atoms with Crippen molar-refractivity contribution in [3.63, 3.8) is 0 Å². The summed E-state index contributed by atoms with van der Waals surface area (Å²) in [5.74, 6) is -0.880. The van der Waals surface area contributed by atoms with Crippen molar-refractivity contribution in [2.24, 2.45) is 5.16 Å². The van der Waals surface area contributed by atoms with Crippen LogP contribution in [0.3, 0.4) is 0 Å². The third-order valence-corrected chi connectivity index (χ3v) is 4.04. The maximum atomic E-state index is 12.8. The lowest BCUT2D eigenvalue weighted by Crippen LogP contribution is -2.18. The van der Waals surface area contributed by atoms with E-state index in [-0.39, 0.29) is 17.1 Å². The molecule has 0 heterocycles. The van der Waals surface area contributed by atoms with E-state index in [0.717, 1.165) is 16.7 Å². The number of carbonyl (C=O) groups excluding carboxylic acids is 2. The fraction of sp³-hybridized carbons (Fsp3) is 0.250. The van der Waals surface area contributed by atoms with Gasteiger partial charge in [0.2, 0.25) is 5.78 Å². The summed E-state index contributed by atoms with van der Waals surface area (Å²) >= 11 is 5.86. The minimum atomic E-state index is -0.654. The Kier molecular flexibility index (Phi) is 6.10. The molecule has 0 saturated carbocycles. The third-order valence-electron chi connectivity index (χ3n) is 3.80. The first kappa shape index (κ1) is 18.9. The van der Waals surface area contributed by atoms with Gasteiger partial charge in [-0.2, -0.15) is 0 Å². The molecule has 0 aliphatic carbocycles. The molecule has 0 N–H and O–H groups in total. The van der Waals surface area contributed by atoms with E-state index < -0.39 is 5.97 Å². The second kappa shape index (κ2) is 8.08. The molecule has 0 aliphatic heterocycles. The number of hydrogen-bond acceptors (Lipinski definition) is 4. The van der Waals surface area contributed by atoms with Gasteiger partial charge >= 0.3 is 5.97 Å². The van der Waals surface area contributed by atoms with Crippen LogP contribution in [0, 0.1) is 20.8 Å². The number of rotatable bonds is 5. The summed E-state index contributed by atoms with van der Waals surface area (Å²) < 4.78 is 0. The minimum Gasteiger partial charge on any atom is -0.312 e. The lowest BCUT2D eigenvalue weighted by atomic mass is 9.94. The van der Waals surface area contributed by atoms with Gasteiger partial charge in [-0.1, -0.05) is 47.4 Å². The number of ketones is 1. The fourth-order valence-electron chi connectivity index (χ4n) is 2.71. The van der Waals surface area contributed by atoms with Crippen LogP contribution in [0.5, 0.6) is 0 Å². The molecule has 2 aromatic carbocycles. The number of hydrogen-bond donors (Lipinski definition) is 0. The van der Waals surface area contributed by atoms with E-state index in [0.29, 0.717) is 17.0 Å². The smallest absolute Gasteiger partial charge is 0.312 e. The SMILES string of the molecule is CC/C(=N\OC(=O)c1cccc(Cl)c1)C(=O)c1c(C)cc(C)cc1C. The van der Waals surface area contributed by atoms with Gasteiger partial charge in [0.25, 0.3) is 0 Å². The van der Waals surface area contributed by atoms with E-state index >= 15 is 0 Å². The number of nitrogens with zero attached hydrogens (tertiary/aromatic N) is 1. The van der Waals surface area contributed by atoms with E-state index in [1.807, 2.05) is 32.9 Å². The third kappa shape index (κ3) is 4.54. The maximum Gasteiger partial charge on any atom is 0.365 e. The first-order valence-corrected chi connectivity index (χ1v) is 8.37. The number of aryl methyl sites for hydroxylation is 3. The van der Waals surface area contributed by atoms with Crippen molar-refractivity contribution >= 4 is 29.1 Å². The molecule has 4 nitrogen and oxygen atoms in total. The van der Waals surface area contributed by atoms with Crippen molar-refractivity contribution in [1.82, 2.24) is 0 Å². The average Bonchev–Trinajstić information content (AvgIpc) is 2.54. The van der Waals surface area contributed by atoms with Gasteiger partial charge in [-0.25, -0.2) is 4.79 Å². The lowest BCUT2D eigenvalue weighted by Gasteiger charge is -2.11. The van der Waals surface area contributed by atoms with Crippen LogP contribution in [-0.2, 0) is 4.84 Å². The van der Waals surface area contributed by atoms with Gasteiger partial charge in [-0.3, -0.25) is 4.79 Å². The zero-order chi connectivity index (χ0) is 18.6. The second-order valence-electron chi connectivity index (χ2n) is 5.88. The Hall–Kier alpha value is -2.46. The van der Waals surface area contributed by atoms with Crippen LogP contribution < -0.4 is 0 Å². The quantitative estimate of drug-likeness (QED) is 0.325. The van der Waals surface area contributed by atoms with E-state index in [2.05, 4.69) is 5.16 Å². The van der Waals surface area contributed by atoms with Crippen molar-refractivity contribution in [2.75, 3.05) is 0 Å². The molecular formula is C20H20ClNO3. The molecule has 2 rings (SSSR count). The molecule has 0 saturated heterocycles. The second-order valence-corrected chi connectivity index (χ2v) is 6.32. The summed E-state index contributed by atoms with van der Waals surface area (Å²) in [7, 11) is 0. The number of Topliss-reactive ketones (excluding diaryl/α,β-unsaturated/α-hetero) is 1. The molecule has 0 aliphatic rings. The molecule has 0 amide bonds. The average molecular weight is 358 g/mol. The van der Waals surface area contributed by atoms with Gasteiger partial charge in [-0.05, 0) is 56.5 Å². The van der Waals surface area contributed by atoms with Crippen LogP contribution >= 0.6 is 11.6 Å². The van der Waals surface area contributed by atoms with Gasteiger partial charge in [-0.15, -0.1) is 0 Å². The summed E-state index contributed by atoms with van der Waals surface area (Å²) in [6.45, 7) is 7.55. The Balaban J connectivity index is 2.26. The number of oxime groups is 1. The van der Waals surface area contributed by atoms with Gasteiger partial charge < -0.3 is 4.84 Å². The molecule has 25 heavy (non-hydrogen) atoms. The van der Waals surface area contributed by atoms with Crippen molar-refractivity contribution in [1.29, 1.82) is 0 Å². The van der Waals surface area contributed by atoms with Gasteiger partial charge in [0.05, 0.1) is 5.56 Å². The highest BCUT2D eigenvalue weighted by Crippen LogP contribution is 2.18. The van der Waals surface area contributed by atoms with E-state index in [9.17, 15) is 9.59 Å². The normalized spacial score (nSPS) is 11.3. The van der Waals surface area contributed by atoms with E-state index in [1.54, 1.807) is 25.1 Å². The Bertz CT molecular complexity index is 833. The predicted molar refractivity (Wildman–Crippen MR) is 99.6 cm³/mol. The highest BCUT2D eigenvalue weighted by atomic mass is 35.5. The maximum absolute atomic E-state index is 12.8. The molecule has 0 spiro atoms. The number of benzene rings is 2. The van der Waals surface area contributed by atoms with Crippen molar-refractivity contribution < 1.29 is 14.4 Å². The molecule has 0 atom stereocenters. The van der Waals surface area contributed by atoms with Crippen LogP contribution in [0.2, 0.25) is 5.02 Å². The molecule has 5 heteroatoms. The largest absolute Gasteiger partial charge is 0.365 e. The summed E-state index contributed by atoms with van der Waals surface area (Å²) in [6, 6.07) is 10.3. The van der Waals surface area contributed by atoms with Gasteiger partial charge in [0, 0.05) is 10.6 Å². The lowest BCUT2D eigenvalue weighted by molar-refractivity contribution is 0.0515. The Morgan fingerprint density at radius 3 is 2.28 bits per heavy atom. The van der Waals surface area contributed by atoms with Crippen LogP contribution in [0.25, 0.3) is 0 Å². The molecule has 0 bridgehead atoms. The van der Waals surface area contributed by atoms with Crippen LogP contribution in [0.15, 0.2) is 41.6 Å². The topological polar surface area (TPSA) is 55.7 Å². The molecule has 130 valence electrons. The van der Waals surface area contributed by atoms with Crippen molar-refractivity contribution in [3.05, 3.63) is 69.2 Å². The standard InChI is InChI=1S/C20H20ClNO3/c1-5-17(19(23)18-13(3)9-12(2)10-14(18)4)22-25-20(24)15-7-6-8-16(21)11-15/h6-11H,5H2,1-4H3/b22-17+. The molecule has 0 aromatic heterocycles. The van der Waals surface area contributed by atoms with Crippen LogP contribution in [0.1, 0.15) is 50.8 Å². The number of carbonyl (C=O) groups is 2. The Morgan fingerprint density at radius 2 is 1.72 bits per heavy atom. The van der Waals surface area contributed by atoms with Crippen molar-refractivity contribution in [3.8, 4) is 0 Å². The van der Waals surface area contributed by atoms with Crippen LogP contribution in [-0.4, -0.2) is 17.5 Å². The summed E-state index contributed by atoms with van der Waals surface area (Å²) in [5.41, 5.74) is 3.93. The Morgan fingerprint density at radius 1 is 1.08 bits per heavy atom. The molecule has 0 radical (unpaired) electrons. The van der Waals surface area contributed by atoms with Crippen LogP contribution in [0.4, 0.5) is 0 Å². The van der Waals surface area contributed by atoms with E-state index in [4.69, 9.17) is 16.4 Å². The zero-order valence-corrected chi connectivity index (χ0v) is 15.5. The Labute approximate surface area is 152 Å². The minimum absolute atomic E-state index is 0.199. The van der Waals surface area contributed by atoms with Gasteiger partial charge in [0.15, 0.2) is 0 Å². The van der Waals surface area contributed by atoms with Gasteiger partial charge in [0.1, 0.15) is 5.71 Å². The summed E-state index contributed by atoms with van der Waals surface area (Å²) in [4.78, 5) is 29.8. The monoisotopic (exact) mass is 357 g/mol. The molecule has 0 fully saturated rings. The predicted octanol–water partition coefficient (Wildman–Crippen LogP) is 5.07. The summed E-state index contributed by atoms with van der Waals surface area (Å²) in [5, 5.41) is 4.23. The fourth-order valence-corrected chi connectivity index (χ4v) is 2.90. The van der Waals surface area contributed by atoms with E-state index in [1.165, 1.54) is 6.07 Å². The molecule has 2 aromatic rings. The highest BCUT2D eigenvalue weighted by Gasteiger charge is 2.19. The first-order chi connectivity index (χ1) is 11.8. The highest BCUT2D eigenvalue weighted by molar-refractivity contribution is 6.46. The molecular weight excluding hydrogens is 338 g/mol. The first-order valence-electron chi connectivity index (χ1n) is 7.99. The number of halogens is 1. The molecule has 0 unspecified atom stereocenters. The van der Waals surface area contributed by atoms with Crippen molar-refractivity contribution in [2.45, 2.75) is 34.1 Å². The summed E-state index contributed by atoms with van der Waals surface area (Å²) in [6.07, 6.45) is 0.356.